The van der Waals surface area contributed by atoms with Gasteiger partial charge in [0.1, 0.15) is 0 Å². The van der Waals surface area contributed by atoms with Crippen LogP contribution in [0.3, 0.4) is 0 Å². The number of thioether (sulfide) groups is 1. The van der Waals surface area contributed by atoms with Gasteiger partial charge in [-0.3, -0.25) is 4.79 Å². The first-order valence-electron chi connectivity index (χ1n) is 9.29. The predicted molar refractivity (Wildman–Crippen MR) is 124 cm³/mol. The first kappa shape index (κ1) is 23.0. The van der Waals surface area contributed by atoms with Gasteiger partial charge in [-0.25, -0.2) is 0 Å². The molecule has 29 heavy (non-hydrogen) atoms. The monoisotopic (exact) mass is 427 g/mol. The van der Waals surface area contributed by atoms with Crippen LogP contribution in [-0.2, 0) is 14.3 Å². The Morgan fingerprint density at radius 1 is 0.862 bits per heavy atom. The Balaban J connectivity index is 0.00000300. The van der Waals surface area contributed by atoms with Crippen molar-refractivity contribution in [2.45, 2.75) is 17.2 Å². The molecule has 3 aromatic carbocycles. The maximum absolute atomic E-state index is 11.6. The van der Waals surface area contributed by atoms with E-state index < -0.39 is 4.75 Å². The van der Waals surface area contributed by atoms with Gasteiger partial charge in [-0.05, 0) is 16.7 Å². The Labute approximate surface area is 183 Å². The summed E-state index contributed by atoms with van der Waals surface area (Å²) < 4.78 is 4.36. The Morgan fingerprint density at radius 2 is 1.24 bits per heavy atom. The second-order valence-corrected chi connectivity index (χ2v) is 7.86. The van der Waals surface area contributed by atoms with Gasteiger partial charge in [0, 0.05) is 11.8 Å². The zero-order valence-corrected chi connectivity index (χ0v) is 18.0. The largest absolute Gasteiger partial charge is 0.469 e. The number of methoxy groups -OCH3 is 1. The molecule has 0 saturated carbocycles. The summed E-state index contributed by atoms with van der Waals surface area (Å²) in [6, 6.07) is 31.1. The molecule has 0 heterocycles. The molecule has 0 amide bonds. The fourth-order valence-corrected chi connectivity index (χ4v) is 4.85. The van der Waals surface area contributed by atoms with Crippen LogP contribution >= 0.6 is 24.2 Å². The van der Waals surface area contributed by atoms with E-state index in [-0.39, 0.29) is 30.8 Å². The van der Waals surface area contributed by atoms with Gasteiger partial charge in [-0.2, -0.15) is 0 Å². The number of rotatable bonds is 8. The van der Waals surface area contributed by atoms with E-state index in [2.05, 4.69) is 72.8 Å². The molecular formula is C24H26ClNO2S. The zero-order valence-electron chi connectivity index (χ0n) is 16.4. The normalized spacial score (nSPS) is 11.9. The molecule has 0 fully saturated rings. The minimum absolute atomic E-state index is 0. The molecular weight excluding hydrogens is 402 g/mol. The first-order chi connectivity index (χ1) is 13.7. The molecule has 1 atom stereocenters. The van der Waals surface area contributed by atoms with Crippen molar-refractivity contribution in [3.05, 3.63) is 108 Å². The molecule has 152 valence electrons. The van der Waals surface area contributed by atoms with E-state index >= 15 is 0 Å². The second kappa shape index (κ2) is 11.1. The van der Waals surface area contributed by atoms with Crippen LogP contribution < -0.4 is 5.73 Å². The molecule has 0 saturated heterocycles. The quantitative estimate of drug-likeness (QED) is 0.405. The van der Waals surface area contributed by atoms with Gasteiger partial charge < -0.3 is 10.5 Å². The average molecular weight is 428 g/mol. The standard InChI is InChI=1S/C24H25NO2S.ClH/c1-27-23(26)17-22(25)18-28-24(19-11-5-2-6-12-19,20-13-7-3-8-14-20)21-15-9-4-10-16-21;/h2-16,22H,17-18,25H2,1H3;1H. The molecule has 1 unspecified atom stereocenters. The number of ether oxygens (including phenoxy) is 1. The molecule has 3 aromatic rings. The zero-order chi connectivity index (χ0) is 19.8. The van der Waals surface area contributed by atoms with Crippen molar-refractivity contribution in [3.63, 3.8) is 0 Å². The number of hydrogen-bond donors (Lipinski definition) is 1. The van der Waals surface area contributed by atoms with Crippen molar-refractivity contribution >= 4 is 30.1 Å². The van der Waals surface area contributed by atoms with Crippen LogP contribution in [0.4, 0.5) is 0 Å². The van der Waals surface area contributed by atoms with Crippen LogP contribution in [0, 0.1) is 0 Å². The summed E-state index contributed by atoms with van der Waals surface area (Å²) in [5.74, 6) is 0.339. The summed E-state index contributed by atoms with van der Waals surface area (Å²) >= 11 is 1.76. The van der Waals surface area contributed by atoms with Crippen LogP contribution in [0.15, 0.2) is 91.0 Å². The maximum atomic E-state index is 11.6. The van der Waals surface area contributed by atoms with Gasteiger partial charge in [0.05, 0.1) is 18.3 Å². The van der Waals surface area contributed by atoms with Crippen molar-refractivity contribution in [1.82, 2.24) is 0 Å². The number of esters is 1. The molecule has 3 nitrogen and oxygen atoms in total. The number of carbonyl (C=O) groups excluding carboxylic acids is 1. The lowest BCUT2D eigenvalue weighted by atomic mass is 9.84. The third-order valence-electron chi connectivity index (χ3n) is 4.71. The Morgan fingerprint density at radius 3 is 1.59 bits per heavy atom. The SMILES string of the molecule is COC(=O)CC(N)CSC(c1ccccc1)(c1ccccc1)c1ccccc1.Cl. The maximum Gasteiger partial charge on any atom is 0.307 e. The first-order valence-corrected chi connectivity index (χ1v) is 10.3. The van der Waals surface area contributed by atoms with Crippen LogP contribution in [0.1, 0.15) is 23.1 Å². The minimum Gasteiger partial charge on any atom is -0.469 e. The Bertz CT molecular complexity index is 778. The van der Waals surface area contributed by atoms with Gasteiger partial charge >= 0.3 is 5.97 Å². The Kier molecular flexibility index (Phi) is 8.77. The van der Waals surface area contributed by atoms with Crippen LogP contribution in [0.25, 0.3) is 0 Å². The van der Waals surface area contributed by atoms with E-state index in [4.69, 9.17) is 10.5 Å². The molecule has 0 aliphatic heterocycles. The molecule has 5 heteroatoms. The highest BCUT2D eigenvalue weighted by molar-refractivity contribution is 8.00. The van der Waals surface area contributed by atoms with Gasteiger partial charge in [0.25, 0.3) is 0 Å². The summed E-state index contributed by atoms with van der Waals surface area (Å²) in [7, 11) is 1.39. The van der Waals surface area contributed by atoms with E-state index in [1.165, 1.54) is 23.8 Å². The van der Waals surface area contributed by atoms with E-state index in [1.54, 1.807) is 11.8 Å². The number of hydrogen-bond acceptors (Lipinski definition) is 4. The van der Waals surface area contributed by atoms with Crippen molar-refractivity contribution in [2.24, 2.45) is 5.73 Å². The fourth-order valence-electron chi connectivity index (χ4n) is 3.36. The van der Waals surface area contributed by atoms with E-state index in [1.807, 2.05) is 18.2 Å². The highest BCUT2D eigenvalue weighted by Crippen LogP contribution is 2.48. The van der Waals surface area contributed by atoms with Crippen molar-refractivity contribution in [3.8, 4) is 0 Å². The van der Waals surface area contributed by atoms with E-state index in [0.717, 1.165) is 0 Å². The smallest absolute Gasteiger partial charge is 0.307 e. The van der Waals surface area contributed by atoms with Crippen LogP contribution in [0.5, 0.6) is 0 Å². The molecule has 0 aliphatic rings. The molecule has 0 bridgehead atoms. The van der Waals surface area contributed by atoms with Crippen molar-refractivity contribution < 1.29 is 9.53 Å². The highest BCUT2D eigenvalue weighted by Gasteiger charge is 2.37. The lowest BCUT2D eigenvalue weighted by molar-refractivity contribution is -0.140. The molecule has 2 N–H and O–H groups in total. The summed E-state index contributed by atoms with van der Waals surface area (Å²) in [4.78, 5) is 11.6. The molecule has 3 rings (SSSR count). The number of benzene rings is 3. The molecule has 0 aliphatic carbocycles. The lowest BCUT2D eigenvalue weighted by Gasteiger charge is -2.36. The fraction of sp³-hybridized carbons (Fsp3) is 0.208. The van der Waals surface area contributed by atoms with E-state index in [0.29, 0.717) is 5.75 Å². The summed E-state index contributed by atoms with van der Waals surface area (Å²) in [5, 5.41) is 0. The third kappa shape index (κ3) is 5.41. The Hall–Kier alpha value is -2.27. The van der Waals surface area contributed by atoms with Gasteiger partial charge in [0.15, 0.2) is 0 Å². The number of carbonyl (C=O) groups is 1. The predicted octanol–water partition coefficient (Wildman–Crippen LogP) is 5.02. The van der Waals surface area contributed by atoms with Crippen LogP contribution in [-0.4, -0.2) is 24.9 Å². The van der Waals surface area contributed by atoms with Gasteiger partial charge in [-0.1, -0.05) is 91.0 Å². The lowest BCUT2D eigenvalue weighted by Crippen LogP contribution is -2.32. The minimum atomic E-state index is -0.419. The summed E-state index contributed by atoms with van der Waals surface area (Å²) in [6.07, 6.45) is 0.206. The summed E-state index contributed by atoms with van der Waals surface area (Å²) in [5.41, 5.74) is 9.82. The van der Waals surface area contributed by atoms with Crippen molar-refractivity contribution in [1.29, 1.82) is 0 Å². The van der Waals surface area contributed by atoms with Gasteiger partial charge in [-0.15, -0.1) is 24.2 Å². The highest BCUT2D eigenvalue weighted by atomic mass is 35.5. The number of nitrogens with two attached hydrogens (primary N) is 1. The molecule has 0 radical (unpaired) electrons. The number of halogens is 1. The van der Waals surface area contributed by atoms with Crippen molar-refractivity contribution in [2.75, 3.05) is 12.9 Å². The average Bonchev–Trinajstić information content (AvgIpc) is 2.76. The molecule has 0 aromatic heterocycles. The second-order valence-electron chi connectivity index (χ2n) is 6.63. The van der Waals surface area contributed by atoms with Gasteiger partial charge in [0.2, 0.25) is 0 Å². The topological polar surface area (TPSA) is 52.3 Å². The van der Waals surface area contributed by atoms with E-state index in [9.17, 15) is 4.79 Å². The molecule has 0 spiro atoms. The van der Waals surface area contributed by atoms with Crippen LogP contribution in [0.2, 0.25) is 0 Å². The third-order valence-corrected chi connectivity index (χ3v) is 6.45. The summed E-state index contributed by atoms with van der Waals surface area (Å²) in [6.45, 7) is 0.